The van der Waals surface area contributed by atoms with Crippen LogP contribution < -0.4 is 5.32 Å². The molecule has 34 heavy (non-hydrogen) atoms. The minimum absolute atomic E-state index is 0.0231. The maximum Gasteiger partial charge on any atom is 0.248 e. The summed E-state index contributed by atoms with van der Waals surface area (Å²) in [4.78, 5) is 40.1. The summed E-state index contributed by atoms with van der Waals surface area (Å²) in [5.41, 5.74) is 0.875. The van der Waals surface area contributed by atoms with Crippen molar-refractivity contribution in [1.82, 2.24) is 19.9 Å². The van der Waals surface area contributed by atoms with Gasteiger partial charge in [-0.15, -0.1) is 0 Å². The van der Waals surface area contributed by atoms with E-state index in [1.807, 2.05) is 0 Å². The summed E-state index contributed by atoms with van der Waals surface area (Å²) in [6.07, 6.45) is 5.19. The first-order chi connectivity index (χ1) is 16.3. The van der Waals surface area contributed by atoms with Gasteiger partial charge >= 0.3 is 0 Å². The van der Waals surface area contributed by atoms with Crippen molar-refractivity contribution < 1.29 is 22.8 Å². The fourth-order valence-electron chi connectivity index (χ4n) is 4.88. The fraction of sp³-hybridized carbons (Fsp3) is 0.458. The average molecular weight is 471 g/mol. The number of alkyl halides is 2. The van der Waals surface area contributed by atoms with Gasteiger partial charge in [0.15, 0.2) is 5.78 Å². The van der Waals surface area contributed by atoms with Gasteiger partial charge in [0.1, 0.15) is 23.6 Å². The Balaban J connectivity index is 1.37. The number of nitrogens with one attached hydrogen (secondary N) is 2. The highest BCUT2D eigenvalue weighted by Gasteiger charge is 2.35. The fourth-order valence-corrected chi connectivity index (χ4v) is 4.88. The highest BCUT2D eigenvalue weighted by atomic mass is 19.3. The van der Waals surface area contributed by atoms with Crippen LogP contribution in [0.3, 0.4) is 0 Å². The number of H-pyrrole nitrogens is 1. The molecule has 3 aromatic rings. The van der Waals surface area contributed by atoms with Crippen LogP contribution in [-0.2, 0) is 11.2 Å². The first-order valence-electron chi connectivity index (χ1n) is 11.5. The van der Waals surface area contributed by atoms with Gasteiger partial charge in [-0.05, 0) is 43.7 Å². The van der Waals surface area contributed by atoms with Crippen LogP contribution in [0.2, 0.25) is 0 Å². The number of hydrogen-bond donors (Lipinski definition) is 2. The van der Waals surface area contributed by atoms with Gasteiger partial charge in [-0.25, -0.2) is 23.7 Å². The van der Waals surface area contributed by atoms with Crippen molar-refractivity contribution in [2.75, 3.05) is 5.32 Å². The number of ketones is 2. The smallest absolute Gasteiger partial charge is 0.248 e. The first kappa shape index (κ1) is 22.5. The minimum atomic E-state index is -2.62. The van der Waals surface area contributed by atoms with Gasteiger partial charge in [-0.2, -0.15) is 4.39 Å². The summed E-state index contributed by atoms with van der Waals surface area (Å²) < 4.78 is 41.7. The van der Waals surface area contributed by atoms with E-state index in [-0.39, 0.29) is 41.7 Å². The number of nitrogens with zero attached hydrogens (tertiary/aromatic N) is 3. The van der Waals surface area contributed by atoms with Gasteiger partial charge in [0.2, 0.25) is 11.9 Å². The van der Waals surface area contributed by atoms with E-state index in [4.69, 9.17) is 0 Å². The van der Waals surface area contributed by atoms with Crippen LogP contribution in [-0.4, -0.2) is 43.5 Å². The molecule has 0 aromatic carbocycles. The minimum Gasteiger partial charge on any atom is -0.366 e. The number of carbonyl (C=O) groups excluding carboxylic acids is 2. The predicted molar refractivity (Wildman–Crippen MR) is 118 cm³/mol. The van der Waals surface area contributed by atoms with Crippen molar-refractivity contribution in [3.05, 3.63) is 47.4 Å². The number of hydrogen-bond acceptors (Lipinski definition) is 6. The summed E-state index contributed by atoms with van der Waals surface area (Å²) in [6, 6.07) is 2.89. The van der Waals surface area contributed by atoms with Crippen molar-refractivity contribution in [1.29, 1.82) is 0 Å². The monoisotopic (exact) mass is 471 g/mol. The Morgan fingerprint density at radius 3 is 2.65 bits per heavy atom. The second kappa shape index (κ2) is 8.81. The number of rotatable bonds is 6. The molecule has 5 rings (SSSR count). The van der Waals surface area contributed by atoms with E-state index in [0.29, 0.717) is 61.1 Å². The maximum atomic E-state index is 14.9. The number of fused-ring (bicyclic) bond motifs is 1. The highest BCUT2D eigenvalue weighted by Crippen LogP contribution is 2.37. The SMILES string of the molecule is O=C1CCC(Nc2ncnc3[nH]cc(C(=O)c4ccc(CC5CCC(F)(F)CC5)nc4F)c23)C1. The van der Waals surface area contributed by atoms with Crippen LogP contribution >= 0.6 is 0 Å². The Bertz CT molecular complexity index is 1250. The standard InChI is InChI=1S/C24H24F3N5O2/c25-21-17(4-2-14(31-21)9-13-5-7-24(26,27)8-6-13)20(34)18-11-28-22-19(18)23(30-12-29-22)32-15-1-3-16(33)10-15/h2,4,11-13,15H,1,3,5-10H2,(H2,28,29,30,32). The molecule has 1 unspecified atom stereocenters. The lowest BCUT2D eigenvalue weighted by Crippen LogP contribution is -2.25. The van der Waals surface area contributed by atoms with Gasteiger partial charge < -0.3 is 10.3 Å². The van der Waals surface area contributed by atoms with Gasteiger partial charge in [-0.1, -0.05) is 0 Å². The second-order valence-electron chi connectivity index (χ2n) is 9.24. The zero-order chi connectivity index (χ0) is 23.9. The highest BCUT2D eigenvalue weighted by molar-refractivity contribution is 6.18. The van der Waals surface area contributed by atoms with E-state index >= 15 is 0 Å². The first-order valence-corrected chi connectivity index (χ1v) is 11.5. The molecule has 2 aliphatic rings. The number of Topliss-reactive ketones (excluding diaryl/α,β-unsaturated/α-hetero) is 1. The van der Waals surface area contributed by atoms with E-state index in [1.165, 1.54) is 18.6 Å². The molecule has 0 radical (unpaired) electrons. The Labute approximate surface area is 193 Å². The molecule has 2 N–H and O–H groups in total. The van der Waals surface area contributed by atoms with Crippen LogP contribution in [0.4, 0.5) is 19.0 Å². The topological polar surface area (TPSA) is 101 Å². The lowest BCUT2D eigenvalue weighted by molar-refractivity contribution is -0.117. The van der Waals surface area contributed by atoms with Crippen molar-refractivity contribution in [3.8, 4) is 0 Å². The summed E-state index contributed by atoms with van der Waals surface area (Å²) in [7, 11) is 0. The number of pyridine rings is 1. The maximum absolute atomic E-state index is 14.9. The molecule has 3 heterocycles. The van der Waals surface area contributed by atoms with Gasteiger partial charge in [0.05, 0.1) is 16.5 Å². The molecule has 178 valence electrons. The molecular weight excluding hydrogens is 447 g/mol. The molecule has 2 fully saturated rings. The third-order valence-corrected chi connectivity index (χ3v) is 6.79. The van der Waals surface area contributed by atoms with Crippen molar-refractivity contribution >= 4 is 28.4 Å². The summed E-state index contributed by atoms with van der Waals surface area (Å²) in [5, 5.41) is 3.64. The Hall–Kier alpha value is -3.30. The molecule has 0 amide bonds. The number of halogens is 3. The van der Waals surface area contributed by atoms with Crippen molar-refractivity contribution in [2.24, 2.45) is 5.92 Å². The number of aromatic amines is 1. The molecule has 0 aliphatic heterocycles. The quantitative estimate of drug-likeness (QED) is 0.402. The molecule has 3 aromatic heterocycles. The normalized spacial score (nSPS) is 20.7. The second-order valence-corrected chi connectivity index (χ2v) is 9.24. The van der Waals surface area contributed by atoms with Gasteiger partial charge in [-0.3, -0.25) is 9.59 Å². The van der Waals surface area contributed by atoms with Crippen molar-refractivity contribution in [3.63, 3.8) is 0 Å². The van der Waals surface area contributed by atoms with Crippen LogP contribution in [0.1, 0.15) is 66.6 Å². The zero-order valence-electron chi connectivity index (χ0n) is 18.4. The van der Waals surface area contributed by atoms with Crippen LogP contribution in [0, 0.1) is 11.9 Å². The van der Waals surface area contributed by atoms with E-state index < -0.39 is 17.7 Å². The Morgan fingerprint density at radius 1 is 1.15 bits per heavy atom. The van der Waals surface area contributed by atoms with Crippen LogP contribution in [0.5, 0.6) is 0 Å². The lowest BCUT2D eigenvalue weighted by Gasteiger charge is -2.28. The average Bonchev–Trinajstić information content (AvgIpc) is 3.41. The van der Waals surface area contributed by atoms with Crippen molar-refractivity contribution in [2.45, 2.75) is 63.3 Å². The molecule has 7 nitrogen and oxygen atoms in total. The number of anilines is 1. The molecule has 0 saturated heterocycles. The Morgan fingerprint density at radius 2 is 1.94 bits per heavy atom. The van der Waals surface area contributed by atoms with Gasteiger partial charge in [0, 0.05) is 43.6 Å². The molecule has 2 aliphatic carbocycles. The third-order valence-electron chi connectivity index (χ3n) is 6.79. The number of carbonyl (C=O) groups is 2. The zero-order valence-corrected chi connectivity index (χ0v) is 18.4. The summed E-state index contributed by atoms with van der Waals surface area (Å²) in [6.45, 7) is 0. The van der Waals surface area contributed by atoms with E-state index in [2.05, 4.69) is 25.3 Å². The van der Waals surface area contributed by atoms with E-state index in [1.54, 1.807) is 6.07 Å². The molecule has 1 atom stereocenters. The molecule has 0 spiro atoms. The number of aromatic nitrogens is 4. The summed E-state index contributed by atoms with van der Waals surface area (Å²) in [5.74, 6) is -3.48. The lowest BCUT2D eigenvalue weighted by atomic mass is 9.84. The third kappa shape index (κ3) is 4.53. The largest absolute Gasteiger partial charge is 0.366 e. The van der Waals surface area contributed by atoms with Crippen LogP contribution in [0.15, 0.2) is 24.7 Å². The Kier molecular flexibility index (Phi) is 5.83. The van der Waals surface area contributed by atoms with Gasteiger partial charge in [0.25, 0.3) is 0 Å². The summed E-state index contributed by atoms with van der Waals surface area (Å²) >= 11 is 0. The molecule has 0 bridgehead atoms. The van der Waals surface area contributed by atoms with E-state index in [9.17, 15) is 22.8 Å². The molecule has 10 heteroatoms. The molecular formula is C24H24F3N5O2. The predicted octanol–water partition coefficient (Wildman–Crippen LogP) is 4.62. The van der Waals surface area contributed by atoms with Crippen LogP contribution in [0.25, 0.3) is 11.0 Å². The molecule has 2 saturated carbocycles. The van der Waals surface area contributed by atoms with E-state index in [0.717, 1.165) is 0 Å².